The average molecular weight is 277 g/mol. The van der Waals surface area contributed by atoms with Gasteiger partial charge in [0.25, 0.3) is 0 Å². The van der Waals surface area contributed by atoms with Crippen molar-refractivity contribution >= 4 is 11.6 Å². The summed E-state index contributed by atoms with van der Waals surface area (Å²) in [6.45, 7) is 7.49. The summed E-state index contributed by atoms with van der Waals surface area (Å²) >= 11 is 0. The molecular formula is C15H27N5. The molecule has 5 nitrogen and oxygen atoms in total. The molecule has 0 bridgehead atoms. The van der Waals surface area contributed by atoms with Gasteiger partial charge in [-0.25, -0.2) is 9.97 Å². The average Bonchev–Trinajstić information content (AvgIpc) is 2.45. The summed E-state index contributed by atoms with van der Waals surface area (Å²) in [6, 6.07) is 2.52. The van der Waals surface area contributed by atoms with Gasteiger partial charge in [0.2, 0.25) is 0 Å². The molecule has 2 heterocycles. The largest absolute Gasteiger partial charge is 0.370 e. The Morgan fingerprint density at radius 3 is 2.80 bits per heavy atom. The maximum atomic E-state index is 4.60. The fraction of sp³-hybridized carbons (Fsp3) is 0.733. The van der Waals surface area contributed by atoms with E-state index in [-0.39, 0.29) is 0 Å². The van der Waals surface area contributed by atoms with Gasteiger partial charge in [0.15, 0.2) is 0 Å². The number of nitrogens with zero attached hydrogens (tertiary/aromatic N) is 3. The maximum absolute atomic E-state index is 4.60. The molecular weight excluding hydrogens is 250 g/mol. The van der Waals surface area contributed by atoms with Gasteiger partial charge in [-0.15, -0.1) is 0 Å². The number of rotatable bonds is 6. The smallest absolute Gasteiger partial charge is 0.132 e. The van der Waals surface area contributed by atoms with Crippen molar-refractivity contribution in [3.63, 3.8) is 0 Å². The summed E-state index contributed by atoms with van der Waals surface area (Å²) in [6.07, 6.45) is 4.43. The predicted molar refractivity (Wildman–Crippen MR) is 84.3 cm³/mol. The first-order valence-corrected chi connectivity index (χ1v) is 7.78. The lowest BCUT2D eigenvalue weighted by molar-refractivity contribution is 0.260. The minimum absolute atomic E-state index is 0.493. The number of anilines is 2. The molecule has 0 radical (unpaired) electrons. The standard InChI is InChI=1S/C15H27N5/c1-4-8-16-14-10-15(19-13(5-2)18-14)17-12-7-6-9-20(3)11-12/h10,12H,4-9,11H2,1-3H3,(H2,16,17,18,19). The Kier molecular flexibility index (Phi) is 5.59. The number of aryl methyl sites for hydroxylation is 1. The van der Waals surface area contributed by atoms with Crippen molar-refractivity contribution in [1.29, 1.82) is 0 Å². The van der Waals surface area contributed by atoms with E-state index in [9.17, 15) is 0 Å². The first-order chi connectivity index (χ1) is 9.71. The van der Waals surface area contributed by atoms with Crippen molar-refractivity contribution < 1.29 is 0 Å². The first-order valence-electron chi connectivity index (χ1n) is 7.78. The molecule has 0 saturated carbocycles. The Morgan fingerprint density at radius 2 is 2.10 bits per heavy atom. The summed E-state index contributed by atoms with van der Waals surface area (Å²) < 4.78 is 0. The molecule has 2 N–H and O–H groups in total. The van der Waals surface area contributed by atoms with E-state index in [1.165, 1.54) is 19.4 Å². The lowest BCUT2D eigenvalue weighted by Gasteiger charge is -2.30. The van der Waals surface area contributed by atoms with Crippen molar-refractivity contribution in [3.05, 3.63) is 11.9 Å². The van der Waals surface area contributed by atoms with Crippen LogP contribution in [-0.2, 0) is 6.42 Å². The van der Waals surface area contributed by atoms with Crippen LogP contribution in [0.4, 0.5) is 11.6 Å². The summed E-state index contributed by atoms with van der Waals surface area (Å²) in [5.41, 5.74) is 0. The van der Waals surface area contributed by atoms with Crippen LogP contribution in [0.15, 0.2) is 6.07 Å². The third-order valence-corrected chi connectivity index (χ3v) is 3.62. The van der Waals surface area contributed by atoms with Crippen LogP contribution in [0.3, 0.4) is 0 Å². The quantitative estimate of drug-likeness (QED) is 0.836. The minimum atomic E-state index is 0.493. The fourth-order valence-corrected chi connectivity index (χ4v) is 2.57. The molecule has 5 heteroatoms. The normalized spacial score (nSPS) is 19.9. The Morgan fingerprint density at radius 1 is 1.30 bits per heavy atom. The van der Waals surface area contributed by atoms with E-state index in [2.05, 4.69) is 46.4 Å². The summed E-state index contributed by atoms with van der Waals surface area (Å²) in [5, 5.41) is 6.92. The molecule has 1 aliphatic heterocycles. The highest BCUT2D eigenvalue weighted by molar-refractivity contribution is 5.48. The second-order valence-electron chi connectivity index (χ2n) is 5.58. The topological polar surface area (TPSA) is 53.1 Å². The zero-order chi connectivity index (χ0) is 14.4. The summed E-state index contributed by atoms with van der Waals surface area (Å²) in [7, 11) is 2.18. The fourth-order valence-electron chi connectivity index (χ4n) is 2.57. The lowest BCUT2D eigenvalue weighted by atomic mass is 10.1. The number of likely N-dealkylation sites (N-methyl/N-ethyl adjacent to an activating group) is 1. The zero-order valence-corrected chi connectivity index (χ0v) is 12.9. The third kappa shape index (κ3) is 4.34. The van der Waals surface area contributed by atoms with Crippen LogP contribution in [0.25, 0.3) is 0 Å². The number of piperidine rings is 1. The van der Waals surface area contributed by atoms with Gasteiger partial charge in [-0.05, 0) is 32.9 Å². The second kappa shape index (κ2) is 7.43. The van der Waals surface area contributed by atoms with Crippen molar-refractivity contribution in [2.75, 3.05) is 37.3 Å². The Balaban J connectivity index is 2.05. The van der Waals surface area contributed by atoms with Crippen LogP contribution < -0.4 is 10.6 Å². The van der Waals surface area contributed by atoms with Gasteiger partial charge in [0.1, 0.15) is 17.5 Å². The molecule has 1 aromatic heterocycles. The van der Waals surface area contributed by atoms with Crippen LogP contribution in [0, 0.1) is 0 Å². The molecule has 1 fully saturated rings. The van der Waals surface area contributed by atoms with Crippen LogP contribution in [-0.4, -0.2) is 47.6 Å². The van der Waals surface area contributed by atoms with E-state index in [0.717, 1.165) is 43.4 Å². The van der Waals surface area contributed by atoms with E-state index >= 15 is 0 Å². The van der Waals surface area contributed by atoms with Crippen LogP contribution in [0.2, 0.25) is 0 Å². The second-order valence-corrected chi connectivity index (χ2v) is 5.58. The number of aromatic nitrogens is 2. The van der Waals surface area contributed by atoms with Gasteiger partial charge in [-0.1, -0.05) is 13.8 Å². The van der Waals surface area contributed by atoms with Gasteiger partial charge in [0.05, 0.1) is 0 Å². The lowest BCUT2D eigenvalue weighted by Crippen LogP contribution is -2.40. The molecule has 1 unspecified atom stereocenters. The SMILES string of the molecule is CCCNc1cc(NC2CCCN(C)C2)nc(CC)n1. The summed E-state index contributed by atoms with van der Waals surface area (Å²) in [4.78, 5) is 11.5. The van der Waals surface area contributed by atoms with Crippen LogP contribution in [0.1, 0.15) is 38.9 Å². The molecule has 1 aliphatic rings. The van der Waals surface area contributed by atoms with Crippen LogP contribution in [0.5, 0.6) is 0 Å². The van der Waals surface area contributed by atoms with Crippen molar-refractivity contribution in [1.82, 2.24) is 14.9 Å². The zero-order valence-electron chi connectivity index (χ0n) is 12.9. The Hall–Kier alpha value is -1.36. The van der Waals surface area contributed by atoms with Crippen LogP contribution >= 0.6 is 0 Å². The molecule has 1 atom stereocenters. The number of hydrogen-bond acceptors (Lipinski definition) is 5. The molecule has 20 heavy (non-hydrogen) atoms. The minimum Gasteiger partial charge on any atom is -0.370 e. The monoisotopic (exact) mass is 277 g/mol. The molecule has 0 spiro atoms. The Bertz CT molecular complexity index is 421. The predicted octanol–water partition coefficient (Wildman–Crippen LogP) is 2.37. The third-order valence-electron chi connectivity index (χ3n) is 3.62. The van der Waals surface area contributed by atoms with Gasteiger partial charge in [0, 0.05) is 31.6 Å². The molecule has 2 rings (SSSR count). The first kappa shape index (κ1) is 15.0. The number of likely N-dealkylation sites (tertiary alicyclic amines) is 1. The number of nitrogens with one attached hydrogen (secondary N) is 2. The number of hydrogen-bond donors (Lipinski definition) is 2. The van der Waals surface area contributed by atoms with Crippen molar-refractivity contribution in [3.8, 4) is 0 Å². The highest BCUT2D eigenvalue weighted by Crippen LogP contribution is 2.17. The van der Waals surface area contributed by atoms with Gasteiger partial charge in [-0.3, -0.25) is 0 Å². The van der Waals surface area contributed by atoms with E-state index in [1.54, 1.807) is 0 Å². The molecule has 0 aromatic carbocycles. The van der Waals surface area contributed by atoms with Gasteiger partial charge < -0.3 is 15.5 Å². The van der Waals surface area contributed by atoms with Crippen molar-refractivity contribution in [2.45, 2.75) is 45.6 Å². The van der Waals surface area contributed by atoms with Gasteiger partial charge in [-0.2, -0.15) is 0 Å². The molecule has 0 aliphatic carbocycles. The van der Waals surface area contributed by atoms with Crippen molar-refractivity contribution in [2.24, 2.45) is 0 Å². The van der Waals surface area contributed by atoms with E-state index in [4.69, 9.17) is 0 Å². The van der Waals surface area contributed by atoms with Gasteiger partial charge >= 0.3 is 0 Å². The van der Waals surface area contributed by atoms with E-state index in [0.29, 0.717) is 6.04 Å². The molecule has 0 amide bonds. The Labute approximate surface area is 122 Å². The highest BCUT2D eigenvalue weighted by atomic mass is 15.2. The summed E-state index contributed by atoms with van der Waals surface area (Å²) in [5.74, 6) is 2.79. The van der Waals surface area contributed by atoms with E-state index in [1.807, 2.05) is 6.07 Å². The molecule has 1 saturated heterocycles. The molecule has 112 valence electrons. The highest BCUT2D eigenvalue weighted by Gasteiger charge is 2.17. The van der Waals surface area contributed by atoms with E-state index < -0.39 is 0 Å². The maximum Gasteiger partial charge on any atom is 0.132 e. The molecule has 1 aromatic rings.